The maximum Gasteiger partial charge on any atom is 0.224 e. The molecule has 0 aliphatic heterocycles. The van der Waals surface area contributed by atoms with Crippen LogP contribution in [0.25, 0.3) is 11.3 Å². The molecular formula is C18H21N5O2. The van der Waals surface area contributed by atoms with Crippen molar-refractivity contribution >= 4 is 5.91 Å². The number of aromatic nitrogens is 4. The first-order valence-electron chi connectivity index (χ1n) is 8.18. The lowest BCUT2D eigenvalue weighted by molar-refractivity contribution is -0.120. The van der Waals surface area contributed by atoms with Crippen molar-refractivity contribution in [2.75, 3.05) is 6.54 Å². The third-order valence-corrected chi connectivity index (χ3v) is 4.12. The summed E-state index contributed by atoms with van der Waals surface area (Å²) in [5, 5.41) is 11.4. The summed E-state index contributed by atoms with van der Waals surface area (Å²) in [5.41, 5.74) is 4.60. The number of carbonyl (C=O) groups is 1. The summed E-state index contributed by atoms with van der Waals surface area (Å²) < 4.78 is 6.98. The fourth-order valence-electron chi connectivity index (χ4n) is 2.68. The van der Waals surface area contributed by atoms with Crippen molar-refractivity contribution in [1.29, 1.82) is 0 Å². The Morgan fingerprint density at radius 1 is 1.24 bits per heavy atom. The first kappa shape index (κ1) is 16.9. The molecule has 0 unspecified atom stereocenters. The summed E-state index contributed by atoms with van der Waals surface area (Å²) in [6.45, 7) is 6.79. The summed E-state index contributed by atoms with van der Waals surface area (Å²) in [5.74, 6) is 0.645. The maximum atomic E-state index is 12.1. The van der Waals surface area contributed by atoms with Gasteiger partial charge in [-0.15, -0.1) is 0 Å². The Balaban J connectivity index is 1.56. The van der Waals surface area contributed by atoms with Crippen LogP contribution in [-0.4, -0.2) is 32.4 Å². The van der Waals surface area contributed by atoms with Gasteiger partial charge in [-0.3, -0.25) is 14.5 Å². The Labute approximate surface area is 146 Å². The fourth-order valence-corrected chi connectivity index (χ4v) is 2.68. The molecule has 3 aromatic heterocycles. The minimum atomic E-state index is -0.0476. The van der Waals surface area contributed by atoms with E-state index in [0.29, 0.717) is 18.8 Å². The normalized spacial score (nSPS) is 10.8. The van der Waals surface area contributed by atoms with Crippen LogP contribution >= 0.6 is 0 Å². The van der Waals surface area contributed by atoms with Crippen molar-refractivity contribution in [1.82, 2.24) is 25.2 Å². The molecule has 0 saturated carbocycles. The average Bonchev–Trinajstić information content (AvgIpc) is 3.13. The van der Waals surface area contributed by atoms with E-state index in [1.807, 2.05) is 43.7 Å². The van der Waals surface area contributed by atoms with Gasteiger partial charge in [0, 0.05) is 35.8 Å². The molecule has 0 spiro atoms. The maximum absolute atomic E-state index is 12.1. The molecule has 1 amide bonds. The molecule has 1 N–H and O–H groups in total. The van der Waals surface area contributed by atoms with Gasteiger partial charge in [-0.2, -0.15) is 5.10 Å². The molecule has 0 aliphatic rings. The quantitative estimate of drug-likeness (QED) is 0.744. The van der Waals surface area contributed by atoms with Crippen molar-refractivity contribution in [3.63, 3.8) is 0 Å². The van der Waals surface area contributed by atoms with E-state index in [1.165, 1.54) is 0 Å². The van der Waals surface area contributed by atoms with Crippen LogP contribution in [0, 0.1) is 20.8 Å². The summed E-state index contributed by atoms with van der Waals surface area (Å²) >= 11 is 0. The van der Waals surface area contributed by atoms with E-state index in [1.54, 1.807) is 12.4 Å². The Morgan fingerprint density at radius 3 is 2.68 bits per heavy atom. The van der Waals surface area contributed by atoms with E-state index < -0.39 is 0 Å². The largest absolute Gasteiger partial charge is 0.361 e. The standard InChI is InChI=1S/C18H21N5O2/c1-12-10-17(15-4-6-19-7-5-15)21-23(12)9-8-20-18(24)11-16-13(2)22-25-14(16)3/h4-7,10H,8-9,11H2,1-3H3,(H,20,24). The molecule has 0 radical (unpaired) electrons. The minimum absolute atomic E-state index is 0.0476. The Bertz CT molecular complexity index is 847. The van der Waals surface area contributed by atoms with Crippen molar-refractivity contribution in [2.45, 2.75) is 33.7 Å². The molecule has 0 saturated heterocycles. The molecule has 7 nitrogen and oxygen atoms in total. The SMILES string of the molecule is Cc1noc(C)c1CC(=O)NCCn1nc(-c2ccncc2)cc1C. The molecular weight excluding hydrogens is 318 g/mol. The number of amides is 1. The zero-order valence-electron chi connectivity index (χ0n) is 14.6. The monoisotopic (exact) mass is 339 g/mol. The second-order valence-electron chi connectivity index (χ2n) is 5.96. The van der Waals surface area contributed by atoms with Gasteiger partial charge in [0.25, 0.3) is 0 Å². The Kier molecular flexibility index (Phi) is 4.92. The molecule has 130 valence electrons. The number of hydrogen-bond acceptors (Lipinski definition) is 5. The number of pyridine rings is 1. The van der Waals surface area contributed by atoms with Crippen LogP contribution in [0.4, 0.5) is 0 Å². The van der Waals surface area contributed by atoms with Crippen molar-refractivity contribution in [2.24, 2.45) is 0 Å². The molecule has 0 atom stereocenters. The van der Waals surface area contributed by atoms with Gasteiger partial charge in [0.15, 0.2) is 0 Å². The number of nitrogens with one attached hydrogen (secondary N) is 1. The van der Waals surface area contributed by atoms with Crippen LogP contribution in [0.1, 0.15) is 22.7 Å². The Hall–Kier alpha value is -2.96. The lowest BCUT2D eigenvalue weighted by Crippen LogP contribution is -2.29. The lowest BCUT2D eigenvalue weighted by atomic mass is 10.1. The second-order valence-corrected chi connectivity index (χ2v) is 5.96. The van der Waals surface area contributed by atoms with Crippen LogP contribution < -0.4 is 5.32 Å². The van der Waals surface area contributed by atoms with Gasteiger partial charge in [-0.1, -0.05) is 5.16 Å². The van der Waals surface area contributed by atoms with Crippen molar-refractivity contribution in [3.05, 3.63) is 53.3 Å². The van der Waals surface area contributed by atoms with E-state index in [-0.39, 0.29) is 12.3 Å². The molecule has 7 heteroatoms. The predicted octanol–water partition coefficient (Wildman–Crippen LogP) is 2.22. The lowest BCUT2D eigenvalue weighted by Gasteiger charge is -2.07. The highest BCUT2D eigenvalue weighted by molar-refractivity contribution is 5.78. The summed E-state index contributed by atoms with van der Waals surface area (Å²) in [7, 11) is 0. The molecule has 3 rings (SSSR count). The fraction of sp³-hybridized carbons (Fsp3) is 0.333. The molecule has 3 heterocycles. The van der Waals surface area contributed by atoms with E-state index in [4.69, 9.17) is 4.52 Å². The summed E-state index contributed by atoms with van der Waals surface area (Å²) in [6, 6.07) is 5.88. The van der Waals surface area contributed by atoms with Crippen LogP contribution in [0.5, 0.6) is 0 Å². The van der Waals surface area contributed by atoms with Crippen LogP contribution in [0.2, 0.25) is 0 Å². The van der Waals surface area contributed by atoms with Gasteiger partial charge in [0.2, 0.25) is 5.91 Å². The molecule has 0 aromatic carbocycles. The summed E-state index contributed by atoms with van der Waals surface area (Å²) in [6.07, 6.45) is 3.78. The molecule has 0 fully saturated rings. The van der Waals surface area contributed by atoms with Gasteiger partial charge >= 0.3 is 0 Å². The number of nitrogens with zero attached hydrogens (tertiary/aromatic N) is 4. The molecule has 25 heavy (non-hydrogen) atoms. The first-order valence-corrected chi connectivity index (χ1v) is 8.18. The van der Waals surface area contributed by atoms with Crippen LogP contribution in [-0.2, 0) is 17.8 Å². The van der Waals surface area contributed by atoms with Gasteiger partial charge in [0.1, 0.15) is 5.76 Å². The third kappa shape index (κ3) is 3.93. The third-order valence-electron chi connectivity index (χ3n) is 4.12. The molecule has 0 bridgehead atoms. The highest BCUT2D eigenvalue weighted by atomic mass is 16.5. The second kappa shape index (κ2) is 7.29. The average molecular weight is 339 g/mol. The first-order chi connectivity index (χ1) is 12.0. The van der Waals surface area contributed by atoms with E-state index >= 15 is 0 Å². The van der Waals surface area contributed by atoms with Crippen LogP contribution in [0.3, 0.4) is 0 Å². The zero-order chi connectivity index (χ0) is 17.8. The van der Waals surface area contributed by atoms with Crippen molar-refractivity contribution in [3.8, 4) is 11.3 Å². The van der Waals surface area contributed by atoms with Crippen LogP contribution in [0.15, 0.2) is 35.1 Å². The topological polar surface area (TPSA) is 85.8 Å². The van der Waals surface area contributed by atoms with Gasteiger partial charge in [-0.05, 0) is 39.0 Å². The highest BCUT2D eigenvalue weighted by Gasteiger charge is 2.13. The number of rotatable bonds is 6. The van der Waals surface area contributed by atoms with Crippen molar-refractivity contribution < 1.29 is 9.32 Å². The van der Waals surface area contributed by atoms with Gasteiger partial charge < -0.3 is 9.84 Å². The van der Waals surface area contributed by atoms with E-state index in [9.17, 15) is 4.79 Å². The number of aryl methyl sites for hydroxylation is 3. The molecule has 0 aliphatic carbocycles. The summed E-state index contributed by atoms with van der Waals surface area (Å²) in [4.78, 5) is 16.1. The minimum Gasteiger partial charge on any atom is -0.361 e. The van der Waals surface area contributed by atoms with E-state index in [0.717, 1.165) is 28.2 Å². The number of hydrogen-bond donors (Lipinski definition) is 1. The van der Waals surface area contributed by atoms with E-state index in [2.05, 4.69) is 20.6 Å². The highest BCUT2D eigenvalue weighted by Crippen LogP contribution is 2.17. The predicted molar refractivity (Wildman–Crippen MR) is 92.9 cm³/mol. The van der Waals surface area contributed by atoms with Gasteiger partial charge in [0.05, 0.1) is 24.4 Å². The zero-order valence-corrected chi connectivity index (χ0v) is 14.6. The van der Waals surface area contributed by atoms with Gasteiger partial charge in [-0.25, -0.2) is 0 Å². The number of carbonyl (C=O) groups excluding carboxylic acids is 1. The Morgan fingerprint density at radius 2 is 2.00 bits per heavy atom. The smallest absolute Gasteiger partial charge is 0.224 e. The molecule has 3 aromatic rings.